The van der Waals surface area contributed by atoms with E-state index in [1.165, 1.54) is 12.8 Å². The number of carboxylic acid groups (broad SMARTS) is 1. The summed E-state index contributed by atoms with van der Waals surface area (Å²) in [6, 6.07) is 0. The van der Waals surface area contributed by atoms with Gasteiger partial charge in [0.25, 0.3) is 0 Å². The number of carboxylic acids is 1. The van der Waals surface area contributed by atoms with E-state index in [9.17, 15) is 9.59 Å². The molecule has 0 aromatic carbocycles. The largest absolute Gasteiger partial charge is 0.481 e. The SMILES string of the molecule is CC(CCNC(=O)C1(CN)CCCCCC1)C(=O)O. The van der Waals surface area contributed by atoms with Crippen molar-refractivity contribution in [1.29, 1.82) is 0 Å². The van der Waals surface area contributed by atoms with E-state index in [4.69, 9.17) is 10.8 Å². The average molecular weight is 270 g/mol. The van der Waals surface area contributed by atoms with Gasteiger partial charge in [0.05, 0.1) is 11.3 Å². The second kappa shape index (κ2) is 7.48. The Balaban J connectivity index is 2.47. The van der Waals surface area contributed by atoms with Gasteiger partial charge < -0.3 is 16.2 Å². The molecule has 1 unspecified atom stereocenters. The molecule has 1 aliphatic carbocycles. The van der Waals surface area contributed by atoms with Crippen molar-refractivity contribution in [3.63, 3.8) is 0 Å². The molecule has 5 heteroatoms. The third kappa shape index (κ3) is 4.49. The van der Waals surface area contributed by atoms with Crippen molar-refractivity contribution < 1.29 is 14.7 Å². The molecule has 1 saturated carbocycles. The third-order valence-electron chi connectivity index (χ3n) is 4.22. The lowest BCUT2D eigenvalue weighted by molar-refractivity contribution is -0.141. The zero-order valence-electron chi connectivity index (χ0n) is 11.8. The van der Waals surface area contributed by atoms with Crippen molar-refractivity contribution in [3.8, 4) is 0 Å². The summed E-state index contributed by atoms with van der Waals surface area (Å²) in [5.41, 5.74) is 5.41. The molecule has 1 rings (SSSR count). The van der Waals surface area contributed by atoms with Crippen LogP contribution in [0.3, 0.4) is 0 Å². The summed E-state index contributed by atoms with van der Waals surface area (Å²) in [7, 11) is 0. The lowest BCUT2D eigenvalue weighted by atomic mass is 9.79. The average Bonchev–Trinajstić information content (AvgIpc) is 2.64. The number of carbonyl (C=O) groups is 2. The number of aliphatic carboxylic acids is 1. The maximum absolute atomic E-state index is 12.3. The van der Waals surface area contributed by atoms with Gasteiger partial charge in [0.2, 0.25) is 5.91 Å². The Labute approximate surface area is 114 Å². The van der Waals surface area contributed by atoms with E-state index < -0.39 is 17.3 Å². The summed E-state index contributed by atoms with van der Waals surface area (Å²) in [6.45, 7) is 2.44. The van der Waals surface area contributed by atoms with E-state index in [0.29, 0.717) is 19.5 Å². The second-order valence-corrected chi connectivity index (χ2v) is 5.68. The molecule has 4 N–H and O–H groups in total. The highest BCUT2D eigenvalue weighted by molar-refractivity contribution is 5.83. The molecule has 0 aliphatic heterocycles. The van der Waals surface area contributed by atoms with Gasteiger partial charge in [-0.15, -0.1) is 0 Å². The number of rotatable bonds is 6. The van der Waals surface area contributed by atoms with Gasteiger partial charge in [0, 0.05) is 13.1 Å². The second-order valence-electron chi connectivity index (χ2n) is 5.68. The molecule has 0 aromatic heterocycles. The molecular weight excluding hydrogens is 244 g/mol. The number of hydrogen-bond donors (Lipinski definition) is 3. The molecule has 0 aromatic rings. The lowest BCUT2D eigenvalue weighted by Crippen LogP contribution is -2.46. The highest BCUT2D eigenvalue weighted by Crippen LogP contribution is 2.34. The van der Waals surface area contributed by atoms with Crippen LogP contribution in [-0.2, 0) is 9.59 Å². The van der Waals surface area contributed by atoms with Gasteiger partial charge in [0.15, 0.2) is 0 Å². The monoisotopic (exact) mass is 270 g/mol. The summed E-state index contributed by atoms with van der Waals surface area (Å²) in [4.78, 5) is 23.0. The predicted molar refractivity (Wildman–Crippen MR) is 73.6 cm³/mol. The van der Waals surface area contributed by atoms with E-state index in [0.717, 1.165) is 25.7 Å². The Morgan fingerprint density at radius 1 is 1.26 bits per heavy atom. The number of nitrogens with one attached hydrogen (secondary N) is 1. The van der Waals surface area contributed by atoms with E-state index in [-0.39, 0.29) is 5.91 Å². The summed E-state index contributed by atoms with van der Waals surface area (Å²) >= 11 is 0. The van der Waals surface area contributed by atoms with Crippen molar-refractivity contribution in [1.82, 2.24) is 5.32 Å². The quantitative estimate of drug-likeness (QED) is 0.638. The van der Waals surface area contributed by atoms with Gasteiger partial charge in [-0.2, -0.15) is 0 Å². The molecule has 5 nitrogen and oxygen atoms in total. The zero-order chi connectivity index (χ0) is 14.3. The molecule has 1 aliphatic rings. The topological polar surface area (TPSA) is 92.4 Å². The van der Waals surface area contributed by atoms with E-state index in [1.54, 1.807) is 6.92 Å². The zero-order valence-corrected chi connectivity index (χ0v) is 11.8. The van der Waals surface area contributed by atoms with Crippen LogP contribution in [-0.4, -0.2) is 30.1 Å². The fourth-order valence-electron chi connectivity index (χ4n) is 2.64. The smallest absolute Gasteiger partial charge is 0.306 e. The van der Waals surface area contributed by atoms with E-state index in [2.05, 4.69) is 5.32 Å². The van der Waals surface area contributed by atoms with Crippen LogP contribution < -0.4 is 11.1 Å². The van der Waals surface area contributed by atoms with E-state index >= 15 is 0 Å². The minimum atomic E-state index is -0.822. The Hall–Kier alpha value is -1.10. The van der Waals surface area contributed by atoms with Crippen molar-refractivity contribution >= 4 is 11.9 Å². The minimum Gasteiger partial charge on any atom is -0.481 e. The van der Waals surface area contributed by atoms with Gasteiger partial charge in [-0.25, -0.2) is 0 Å². The molecule has 0 radical (unpaired) electrons. The maximum Gasteiger partial charge on any atom is 0.306 e. The Morgan fingerprint density at radius 3 is 2.32 bits per heavy atom. The predicted octanol–water partition coefficient (Wildman–Crippen LogP) is 1.51. The molecule has 1 amide bonds. The standard InChI is InChI=1S/C14H26N2O3/c1-11(12(17)18)6-9-16-13(19)14(10-15)7-4-2-3-5-8-14/h11H,2-10,15H2,1H3,(H,16,19)(H,17,18). The molecule has 110 valence electrons. The van der Waals surface area contributed by atoms with Crippen LogP contribution in [0.2, 0.25) is 0 Å². The first kappa shape index (κ1) is 16.0. The molecule has 0 spiro atoms. The van der Waals surface area contributed by atoms with Crippen LogP contribution >= 0.6 is 0 Å². The van der Waals surface area contributed by atoms with Crippen molar-refractivity contribution in [2.75, 3.05) is 13.1 Å². The fraction of sp³-hybridized carbons (Fsp3) is 0.857. The summed E-state index contributed by atoms with van der Waals surface area (Å²) in [5, 5.41) is 11.7. The van der Waals surface area contributed by atoms with Crippen LogP contribution in [0.25, 0.3) is 0 Å². The summed E-state index contributed by atoms with van der Waals surface area (Å²) < 4.78 is 0. The number of amides is 1. The lowest BCUT2D eigenvalue weighted by Gasteiger charge is -2.30. The molecule has 19 heavy (non-hydrogen) atoms. The van der Waals surface area contributed by atoms with Gasteiger partial charge in [-0.1, -0.05) is 32.6 Å². The van der Waals surface area contributed by atoms with Crippen molar-refractivity contribution in [3.05, 3.63) is 0 Å². The molecule has 1 fully saturated rings. The maximum atomic E-state index is 12.3. The van der Waals surface area contributed by atoms with E-state index in [1.807, 2.05) is 0 Å². The Bertz CT molecular complexity index is 310. The minimum absolute atomic E-state index is 0.00879. The van der Waals surface area contributed by atoms with Crippen molar-refractivity contribution in [2.45, 2.75) is 51.9 Å². The van der Waals surface area contributed by atoms with Gasteiger partial charge >= 0.3 is 5.97 Å². The van der Waals surface area contributed by atoms with Gasteiger partial charge in [-0.05, 0) is 19.3 Å². The van der Waals surface area contributed by atoms with Crippen LogP contribution in [0.1, 0.15) is 51.9 Å². The molecule has 1 atom stereocenters. The van der Waals surface area contributed by atoms with Crippen molar-refractivity contribution in [2.24, 2.45) is 17.1 Å². The summed E-state index contributed by atoms with van der Waals surface area (Å²) in [6.07, 6.45) is 6.61. The molecule has 0 heterocycles. The van der Waals surface area contributed by atoms with Gasteiger partial charge in [-0.3, -0.25) is 9.59 Å². The molecule has 0 saturated heterocycles. The van der Waals surface area contributed by atoms with Crippen LogP contribution in [0.15, 0.2) is 0 Å². The van der Waals surface area contributed by atoms with Crippen LogP contribution in [0, 0.1) is 11.3 Å². The third-order valence-corrected chi connectivity index (χ3v) is 4.22. The first-order valence-corrected chi connectivity index (χ1v) is 7.23. The number of hydrogen-bond acceptors (Lipinski definition) is 3. The van der Waals surface area contributed by atoms with Gasteiger partial charge in [0.1, 0.15) is 0 Å². The highest BCUT2D eigenvalue weighted by atomic mass is 16.4. The highest BCUT2D eigenvalue weighted by Gasteiger charge is 2.36. The Kier molecular flexibility index (Phi) is 6.28. The first-order chi connectivity index (χ1) is 9.02. The molecule has 0 bridgehead atoms. The van der Waals surface area contributed by atoms with Crippen LogP contribution in [0.5, 0.6) is 0 Å². The normalized spacial score (nSPS) is 20.3. The van der Waals surface area contributed by atoms with Crippen LogP contribution in [0.4, 0.5) is 0 Å². The number of carbonyl (C=O) groups excluding carboxylic acids is 1. The Morgan fingerprint density at radius 2 is 1.84 bits per heavy atom. The summed E-state index contributed by atoms with van der Waals surface area (Å²) in [5.74, 6) is -1.24. The molecular formula is C14H26N2O3. The first-order valence-electron chi connectivity index (χ1n) is 7.23. The fourth-order valence-corrected chi connectivity index (χ4v) is 2.64. The number of nitrogens with two attached hydrogens (primary N) is 1.